The van der Waals surface area contributed by atoms with Gasteiger partial charge in [-0.3, -0.25) is 9.59 Å². The molecule has 0 atom stereocenters. The second-order valence-corrected chi connectivity index (χ2v) is 5.99. The number of para-hydroxylation sites is 1. The minimum Gasteiger partial charge on any atom is -0.324 e. The lowest BCUT2D eigenvalue weighted by atomic mass is 10.1. The highest BCUT2D eigenvalue weighted by Crippen LogP contribution is 2.36. The molecule has 0 unspecified atom stereocenters. The van der Waals surface area contributed by atoms with Gasteiger partial charge in [0.1, 0.15) is 6.54 Å². The average Bonchev–Trinajstić information content (AvgIpc) is 2.55. The number of carbonyl (C=O) groups excluding carboxylic acids is 2. The van der Waals surface area contributed by atoms with Crippen molar-refractivity contribution in [3.63, 3.8) is 0 Å². The van der Waals surface area contributed by atoms with Crippen molar-refractivity contribution in [3.8, 4) is 0 Å². The maximum Gasteiger partial charge on any atom is 0.418 e. The molecule has 7 heteroatoms. The third kappa shape index (κ3) is 4.62. The number of amides is 2. The lowest BCUT2D eigenvalue weighted by Crippen LogP contribution is -2.38. The summed E-state index contributed by atoms with van der Waals surface area (Å²) in [6, 6.07) is 10.2. The molecule has 138 valence electrons. The Balaban J connectivity index is 2.28. The largest absolute Gasteiger partial charge is 0.418 e. The van der Waals surface area contributed by atoms with Crippen molar-refractivity contribution in [1.82, 2.24) is 0 Å². The predicted octanol–water partition coefficient (Wildman–Crippen LogP) is 4.31. The zero-order valence-electron chi connectivity index (χ0n) is 14.6. The first-order valence-electron chi connectivity index (χ1n) is 7.91. The third-order valence-corrected chi connectivity index (χ3v) is 3.85. The quantitative estimate of drug-likeness (QED) is 0.879. The van der Waals surface area contributed by atoms with Gasteiger partial charge in [0, 0.05) is 12.6 Å². The molecule has 0 aromatic heterocycles. The van der Waals surface area contributed by atoms with E-state index in [-0.39, 0.29) is 5.69 Å². The molecule has 2 aromatic carbocycles. The lowest BCUT2D eigenvalue weighted by Gasteiger charge is -2.24. The van der Waals surface area contributed by atoms with Crippen LogP contribution in [0.1, 0.15) is 23.6 Å². The van der Waals surface area contributed by atoms with E-state index < -0.39 is 30.1 Å². The molecule has 0 fully saturated rings. The number of halogens is 3. The van der Waals surface area contributed by atoms with E-state index in [1.807, 2.05) is 19.1 Å². The molecular weight excluding hydrogens is 345 g/mol. The fraction of sp³-hybridized carbons (Fsp3) is 0.263. The summed E-state index contributed by atoms with van der Waals surface area (Å²) in [4.78, 5) is 25.1. The highest BCUT2D eigenvalue weighted by molar-refractivity contribution is 6.02. The molecule has 0 bridgehead atoms. The van der Waals surface area contributed by atoms with Gasteiger partial charge in [0.05, 0.1) is 11.3 Å². The SMILES string of the molecule is CC(=O)N(CC(=O)Nc1cc(C)ccc1C)c1ccccc1C(F)(F)F. The maximum absolute atomic E-state index is 13.2. The van der Waals surface area contributed by atoms with E-state index >= 15 is 0 Å². The Morgan fingerprint density at radius 3 is 2.35 bits per heavy atom. The summed E-state index contributed by atoms with van der Waals surface area (Å²) >= 11 is 0. The highest BCUT2D eigenvalue weighted by atomic mass is 19.4. The number of hydrogen-bond donors (Lipinski definition) is 1. The van der Waals surface area contributed by atoms with E-state index in [1.54, 1.807) is 13.0 Å². The number of hydrogen-bond acceptors (Lipinski definition) is 2. The number of nitrogens with one attached hydrogen (secondary N) is 1. The molecule has 1 N–H and O–H groups in total. The van der Waals surface area contributed by atoms with Gasteiger partial charge in [0.2, 0.25) is 11.8 Å². The van der Waals surface area contributed by atoms with Crippen molar-refractivity contribution in [2.45, 2.75) is 26.9 Å². The predicted molar refractivity (Wildman–Crippen MR) is 94.0 cm³/mol. The number of aryl methyl sites for hydroxylation is 2. The Morgan fingerprint density at radius 1 is 1.08 bits per heavy atom. The summed E-state index contributed by atoms with van der Waals surface area (Å²) in [5.74, 6) is -1.23. The fourth-order valence-electron chi connectivity index (χ4n) is 2.52. The summed E-state index contributed by atoms with van der Waals surface area (Å²) < 4.78 is 39.6. The van der Waals surface area contributed by atoms with E-state index in [4.69, 9.17) is 0 Å². The molecule has 0 aliphatic heterocycles. The van der Waals surface area contributed by atoms with Crippen LogP contribution in [0.15, 0.2) is 42.5 Å². The molecular formula is C19H19F3N2O2. The van der Waals surface area contributed by atoms with Gasteiger partial charge < -0.3 is 10.2 Å². The summed E-state index contributed by atoms with van der Waals surface area (Å²) in [5, 5.41) is 2.65. The van der Waals surface area contributed by atoms with Crippen LogP contribution in [0.3, 0.4) is 0 Å². The normalized spacial score (nSPS) is 11.2. The van der Waals surface area contributed by atoms with Crippen LogP contribution in [0, 0.1) is 13.8 Å². The van der Waals surface area contributed by atoms with Crippen LogP contribution in [0.2, 0.25) is 0 Å². The molecule has 2 amide bonds. The second kappa shape index (κ2) is 7.59. The first-order chi connectivity index (χ1) is 12.1. The van der Waals surface area contributed by atoms with Gasteiger partial charge in [-0.05, 0) is 43.2 Å². The smallest absolute Gasteiger partial charge is 0.324 e. The molecule has 0 aliphatic carbocycles. The minimum atomic E-state index is -4.63. The van der Waals surface area contributed by atoms with Crippen LogP contribution in [0.4, 0.5) is 24.5 Å². The van der Waals surface area contributed by atoms with Crippen LogP contribution in [-0.4, -0.2) is 18.4 Å². The molecule has 0 spiro atoms. The topological polar surface area (TPSA) is 49.4 Å². The zero-order chi connectivity index (χ0) is 19.5. The van der Waals surface area contributed by atoms with Gasteiger partial charge in [0.15, 0.2) is 0 Å². The molecule has 0 saturated carbocycles. The Labute approximate surface area is 149 Å². The summed E-state index contributed by atoms with van der Waals surface area (Å²) in [7, 11) is 0. The second-order valence-electron chi connectivity index (χ2n) is 5.99. The van der Waals surface area contributed by atoms with Gasteiger partial charge in [0.25, 0.3) is 0 Å². The Bertz CT molecular complexity index is 832. The molecule has 0 aliphatic rings. The number of alkyl halides is 3. The lowest BCUT2D eigenvalue weighted by molar-refractivity contribution is -0.137. The van der Waals surface area contributed by atoms with Crippen LogP contribution >= 0.6 is 0 Å². The Kier molecular flexibility index (Phi) is 5.69. The van der Waals surface area contributed by atoms with E-state index in [2.05, 4.69) is 5.32 Å². The van der Waals surface area contributed by atoms with E-state index in [1.165, 1.54) is 18.2 Å². The number of rotatable bonds is 4. The monoisotopic (exact) mass is 364 g/mol. The number of benzene rings is 2. The van der Waals surface area contributed by atoms with Crippen LogP contribution in [0.5, 0.6) is 0 Å². The minimum absolute atomic E-state index is 0.344. The molecule has 2 rings (SSSR count). The van der Waals surface area contributed by atoms with Crippen LogP contribution in [-0.2, 0) is 15.8 Å². The van der Waals surface area contributed by atoms with E-state index in [9.17, 15) is 22.8 Å². The third-order valence-electron chi connectivity index (χ3n) is 3.85. The number of carbonyl (C=O) groups is 2. The summed E-state index contributed by atoms with van der Waals surface area (Å²) in [6.45, 7) is 4.27. The summed E-state index contributed by atoms with van der Waals surface area (Å²) in [6.07, 6.45) is -4.63. The van der Waals surface area contributed by atoms with Gasteiger partial charge in [-0.1, -0.05) is 24.3 Å². The average molecular weight is 364 g/mol. The van der Waals surface area contributed by atoms with Crippen molar-refractivity contribution in [3.05, 3.63) is 59.2 Å². The van der Waals surface area contributed by atoms with Crippen molar-refractivity contribution in [1.29, 1.82) is 0 Å². The van der Waals surface area contributed by atoms with Crippen molar-refractivity contribution in [2.24, 2.45) is 0 Å². The molecule has 0 heterocycles. The van der Waals surface area contributed by atoms with Gasteiger partial charge in [-0.15, -0.1) is 0 Å². The molecule has 0 radical (unpaired) electrons. The molecule has 26 heavy (non-hydrogen) atoms. The summed E-state index contributed by atoms with van der Waals surface area (Å²) in [5.41, 5.74) is 0.992. The number of nitrogens with zero attached hydrogens (tertiary/aromatic N) is 1. The number of anilines is 2. The molecule has 4 nitrogen and oxygen atoms in total. The van der Waals surface area contributed by atoms with Crippen molar-refractivity contribution >= 4 is 23.2 Å². The van der Waals surface area contributed by atoms with Crippen LogP contribution in [0.25, 0.3) is 0 Å². The van der Waals surface area contributed by atoms with E-state index in [0.717, 1.165) is 29.0 Å². The standard InChI is InChI=1S/C19H19F3N2O2/c1-12-8-9-13(2)16(10-12)23-18(26)11-24(14(3)25)17-7-5-4-6-15(17)19(20,21)22/h4-10H,11H2,1-3H3,(H,23,26). The fourth-order valence-corrected chi connectivity index (χ4v) is 2.52. The first-order valence-corrected chi connectivity index (χ1v) is 7.91. The van der Waals surface area contributed by atoms with Crippen molar-refractivity contribution in [2.75, 3.05) is 16.8 Å². The zero-order valence-corrected chi connectivity index (χ0v) is 14.6. The molecule has 2 aromatic rings. The highest BCUT2D eigenvalue weighted by Gasteiger charge is 2.35. The Morgan fingerprint density at radius 2 is 1.73 bits per heavy atom. The van der Waals surface area contributed by atoms with Crippen molar-refractivity contribution < 1.29 is 22.8 Å². The maximum atomic E-state index is 13.2. The van der Waals surface area contributed by atoms with E-state index in [0.29, 0.717) is 5.69 Å². The van der Waals surface area contributed by atoms with Gasteiger partial charge >= 0.3 is 6.18 Å². The molecule has 0 saturated heterocycles. The van der Waals surface area contributed by atoms with Gasteiger partial charge in [-0.25, -0.2) is 0 Å². The Hall–Kier alpha value is -2.83. The first kappa shape index (κ1) is 19.5. The van der Waals surface area contributed by atoms with Gasteiger partial charge in [-0.2, -0.15) is 13.2 Å². The van der Waals surface area contributed by atoms with Crippen LogP contribution < -0.4 is 10.2 Å².